The van der Waals surface area contributed by atoms with E-state index in [-0.39, 0.29) is 5.82 Å². The van der Waals surface area contributed by atoms with Gasteiger partial charge in [0.05, 0.1) is 11.1 Å². The lowest BCUT2D eigenvalue weighted by atomic mass is 10.0. The highest BCUT2D eigenvalue weighted by molar-refractivity contribution is 5.85. The molecule has 0 saturated heterocycles. The summed E-state index contributed by atoms with van der Waals surface area (Å²) in [5, 5.41) is 10.9. The summed E-state index contributed by atoms with van der Waals surface area (Å²) in [5.74, 6) is -0.247. The zero-order valence-corrected chi connectivity index (χ0v) is 9.42. The number of aromatic nitrogens is 1. The van der Waals surface area contributed by atoms with Crippen LogP contribution in [-0.4, -0.2) is 9.67 Å². The van der Waals surface area contributed by atoms with Crippen molar-refractivity contribution >= 4 is 10.9 Å². The second-order valence-corrected chi connectivity index (χ2v) is 4.81. The van der Waals surface area contributed by atoms with Gasteiger partial charge in [0.1, 0.15) is 5.82 Å². The Labute approximate surface area is 93.3 Å². The largest absolute Gasteiger partial charge is 0.385 e. The Kier molecular flexibility index (Phi) is 1.76. The molecule has 0 spiro atoms. The van der Waals surface area contributed by atoms with Gasteiger partial charge in [-0.15, -0.1) is 0 Å². The molecule has 2 aromatic rings. The predicted molar refractivity (Wildman–Crippen MR) is 60.7 cm³/mol. The minimum Gasteiger partial charge on any atom is -0.385 e. The van der Waals surface area contributed by atoms with E-state index in [0.717, 1.165) is 23.8 Å². The molecule has 1 aromatic heterocycles. The quantitative estimate of drug-likeness (QED) is 0.783. The summed E-state index contributed by atoms with van der Waals surface area (Å²) in [7, 11) is 1.84. The van der Waals surface area contributed by atoms with E-state index in [1.165, 1.54) is 6.07 Å². The number of nitrogens with zero attached hydrogens (tertiary/aromatic N) is 1. The fourth-order valence-electron chi connectivity index (χ4n) is 2.36. The smallest absolute Gasteiger partial charge is 0.147 e. The van der Waals surface area contributed by atoms with Crippen LogP contribution < -0.4 is 0 Å². The van der Waals surface area contributed by atoms with Crippen LogP contribution in [0, 0.1) is 12.7 Å². The van der Waals surface area contributed by atoms with Crippen molar-refractivity contribution in [2.75, 3.05) is 0 Å². The van der Waals surface area contributed by atoms with E-state index in [2.05, 4.69) is 0 Å². The first-order chi connectivity index (χ1) is 7.51. The third kappa shape index (κ3) is 1.21. The maximum atomic E-state index is 13.9. The summed E-state index contributed by atoms with van der Waals surface area (Å²) in [4.78, 5) is 0. The number of halogens is 1. The predicted octanol–water partition coefficient (Wildman–Crippen LogP) is 2.61. The van der Waals surface area contributed by atoms with Gasteiger partial charge in [-0.1, -0.05) is 0 Å². The molecule has 1 aliphatic carbocycles. The third-order valence-electron chi connectivity index (χ3n) is 3.49. The van der Waals surface area contributed by atoms with Gasteiger partial charge in [-0.05, 0) is 43.0 Å². The van der Waals surface area contributed by atoms with Gasteiger partial charge >= 0.3 is 0 Å². The molecule has 1 aromatic carbocycles. The molecule has 0 unspecified atom stereocenters. The van der Waals surface area contributed by atoms with Gasteiger partial charge in [-0.2, -0.15) is 0 Å². The summed E-state index contributed by atoms with van der Waals surface area (Å²) >= 11 is 0. The van der Waals surface area contributed by atoms with Crippen molar-refractivity contribution in [3.63, 3.8) is 0 Å². The van der Waals surface area contributed by atoms with E-state index < -0.39 is 5.60 Å². The van der Waals surface area contributed by atoms with Crippen LogP contribution in [0.2, 0.25) is 0 Å². The van der Waals surface area contributed by atoms with Crippen molar-refractivity contribution in [2.45, 2.75) is 25.4 Å². The Hall–Kier alpha value is -1.35. The third-order valence-corrected chi connectivity index (χ3v) is 3.49. The van der Waals surface area contributed by atoms with Crippen LogP contribution in [0.25, 0.3) is 10.9 Å². The van der Waals surface area contributed by atoms with Crippen LogP contribution in [0.3, 0.4) is 0 Å². The van der Waals surface area contributed by atoms with Crippen LogP contribution >= 0.6 is 0 Å². The molecular formula is C13H14FNO. The highest BCUT2D eigenvalue weighted by Crippen LogP contribution is 2.46. The second-order valence-electron chi connectivity index (χ2n) is 4.81. The van der Waals surface area contributed by atoms with E-state index >= 15 is 0 Å². The number of aryl methyl sites for hydroxylation is 2. The summed E-state index contributed by atoms with van der Waals surface area (Å²) in [5.41, 5.74) is 1.61. The average molecular weight is 219 g/mol. The first-order valence-electron chi connectivity index (χ1n) is 5.49. The molecule has 2 nitrogen and oxygen atoms in total. The molecule has 1 saturated carbocycles. The van der Waals surface area contributed by atoms with Crippen molar-refractivity contribution in [1.82, 2.24) is 4.57 Å². The van der Waals surface area contributed by atoms with Crippen LogP contribution in [0.1, 0.15) is 24.0 Å². The van der Waals surface area contributed by atoms with Crippen molar-refractivity contribution < 1.29 is 9.50 Å². The molecule has 1 fully saturated rings. The monoisotopic (exact) mass is 219 g/mol. The van der Waals surface area contributed by atoms with Gasteiger partial charge in [0, 0.05) is 18.6 Å². The van der Waals surface area contributed by atoms with Crippen molar-refractivity contribution in [3.8, 4) is 0 Å². The number of fused-ring (bicyclic) bond motifs is 1. The Bertz CT molecular complexity index is 581. The second kappa shape index (κ2) is 2.86. The standard InChI is InChI=1S/C13H14FNO/c1-8-7-15(2)12-10(8)5-9(6-11(12)14)13(16)3-4-13/h5-7,16H,3-4H2,1-2H3. The zero-order valence-electron chi connectivity index (χ0n) is 9.42. The highest BCUT2D eigenvalue weighted by Gasteiger charge is 2.42. The van der Waals surface area contributed by atoms with Gasteiger partial charge in [0.15, 0.2) is 0 Å². The molecule has 84 valence electrons. The summed E-state index contributed by atoms with van der Waals surface area (Å²) in [6.07, 6.45) is 3.39. The molecule has 0 atom stereocenters. The zero-order chi connectivity index (χ0) is 11.5. The van der Waals surface area contributed by atoms with Gasteiger partial charge in [-0.3, -0.25) is 0 Å². The maximum Gasteiger partial charge on any atom is 0.147 e. The molecule has 3 rings (SSSR count). The normalized spacial score (nSPS) is 18.0. The summed E-state index contributed by atoms with van der Waals surface area (Å²) < 4.78 is 15.7. The van der Waals surface area contributed by atoms with E-state index in [1.807, 2.05) is 26.2 Å². The molecule has 0 bridgehead atoms. The van der Waals surface area contributed by atoms with Crippen LogP contribution in [0.15, 0.2) is 18.3 Å². The van der Waals surface area contributed by atoms with E-state index in [0.29, 0.717) is 11.1 Å². The van der Waals surface area contributed by atoms with Crippen LogP contribution in [0.4, 0.5) is 4.39 Å². The molecule has 0 radical (unpaired) electrons. The van der Waals surface area contributed by atoms with E-state index in [1.54, 1.807) is 4.57 Å². The maximum absolute atomic E-state index is 13.9. The fraction of sp³-hybridized carbons (Fsp3) is 0.385. The lowest BCUT2D eigenvalue weighted by Gasteiger charge is -2.09. The fourth-order valence-corrected chi connectivity index (χ4v) is 2.36. The number of aliphatic hydroxyl groups is 1. The van der Waals surface area contributed by atoms with E-state index in [4.69, 9.17) is 0 Å². The summed E-state index contributed by atoms with van der Waals surface area (Å²) in [6.45, 7) is 1.96. The van der Waals surface area contributed by atoms with Crippen LogP contribution in [-0.2, 0) is 12.6 Å². The Morgan fingerprint density at radius 1 is 1.38 bits per heavy atom. The van der Waals surface area contributed by atoms with Gasteiger partial charge in [0.25, 0.3) is 0 Å². The molecule has 1 aliphatic rings. The first kappa shape index (κ1) is 9.85. The van der Waals surface area contributed by atoms with Crippen LogP contribution in [0.5, 0.6) is 0 Å². The molecule has 1 N–H and O–H groups in total. The van der Waals surface area contributed by atoms with Crippen molar-refractivity contribution in [2.24, 2.45) is 7.05 Å². The minimum absolute atomic E-state index is 0.247. The molecular weight excluding hydrogens is 205 g/mol. The summed E-state index contributed by atoms with van der Waals surface area (Å²) in [6, 6.07) is 3.38. The van der Waals surface area contributed by atoms with Crippen molar-refractivity contribution in [1.29, 1.82) is 0 Å². The molecule has 3 heteroatoms. The first-order valence-corrected chi connectivity index (χ1v) is 5.49. The van der Waals surface area contributed by atoms with Gasteiger partial charge in [-0.25, -0.2) is 4.39 Å². The Morgan fingerprint density at radius 3 is 2.69 bits per heavy atom. The number of hydrogen-bond acceptors (Lipinski definition) is 1. The lowest BCUT2D eigenvalue weighted by molar-refractivity contribution is 0.151. The minimum atomic E-state index is -0.767. The van der Waals surface area contributed by atoms with Gasteiger partial charge in [0.2, 0.25) is 0 Å². The van der Waals surface area contributed by atoms with Gasteiger partial charge < -0.3 is 9.67 Å². The molecule has 1 heterocycles. The van der Waals surface area contributed by atoms with E-state index in [9.17, 15) is 9.50 Å². The topological polar surface area (TPSA) is 25.2 Å². The molecule has 0 aliphatic heterocycles. The molecule has 16 heavy (non-hydrogen) atoms. The highest BCUT2D eigenvalue weighted by atomic mass is 19.1. The SMILES string of the molecule is Cc1cn(C)c2c(F)cc(C3(O)CC3)cc12. The average Bonchev–Trinajstić information content (AvgIpc) is 2.89. The Morgan fingerprint density at radius 2 is 2.06 bits per heavy atom. The lowest BCUT2D eigenvalue weighted by Crippen LogP contribution is -2.05. The number of hydrogen-bond donors (Lipinski definition) is 1. The molecule has 0 amide bonds. The Balaban J connectivity index is 2.33. The van der Waals surface area contributed by atoms with Crippen molar-refractivity contribution in [3.05, 3.63) is 35.3 Å². The number of benzene rings is 1. The number of rotatable bonds is 1.